The monoisotopic (exact) mass is 276 g/mol. The summed E-state index contributed by atoms with van der Waals surface area (Å²) in [6.07, 6.45) is 0.215. The molecule has 1 unspecified atom stereocenters. The van der Waals surface area contributed by atoms with E-state index in [-0.39, 0.29) is 6.10 Å². The largest absolute Gasteiger partial charge is 0.392 e. The van der Waals surface area contributed by atoms with E-state index in [0.29, 0.717) is 17.4 Å². The Bertz CT molecular complexity index is 366. The summed E-state index contributed by atoms with van der Waals surface area (Å²) in [7, 11) is 1.86. The van der Waals surface area contributed by atoms with Crippen LogP contribution in [0.4, 0.5) is 0 Å². The Kier molecular flexibility index (Phi) is 5.83. The second-order valence-electron chi connectivity index (χ2n) is 4.76. The third-order valence-corrected chi connectivity index (χ3v) is 4.47. The quantitative estimate of drug-likeness (QED) is 0.868. The van der Waals surface area contributed by atoms with E-state index in [1.807, 2.05) is 14.0 Å². The van der Waals surface area contributed by atoms with Gasteiger partial charge in [-0.1, -0.05) is 25.4 Å². The van der Waals surface area contributed by atoms with Crippen molar-refractivity contribution in [2.45, 2.75) is 33.3 Å². The first-order valence-electron chi connectivity index (χ1n) is 5.85. The van der Waals surface area contributed by atoms with Crippen molar-refractivity contribution < 1.29 is 5.11 Å². The fourth-order valence-corrected chi connectivity index (χ4v) is 2.86. The molecule has 0 aromatic carbocycles. The molecule has 0 aliphatic rings. The van der Waals surface area contributed by atoms with E-state index < -0.39 is 0 Å². The number of aliphatic hydroxyl groups is 1. The summed E-state index contributed by atoms with van der Waals surface area (Å²) in [4.78, 5) is 0. The predicted molar refractivity (Wildman–Crippen MR) is 74.8 cm³/mol. The van der Waals surface area contributed by atoms with Gasteiger partial charge in [0.15, 0.2) is 0 Å². The molecular formula is C12H21ClN2OS. The molecule has 0 aliphatic carbocycles. The van der Waals surface area contributed by atoms with Gasteiger partial charge in [-0.2, -0.15) is 16.9 Å². The number of hydrogen-bond donors (Lipinski definition) is 1. The first-order valence-corrected chi connectivity index (χ1v) is 7.38. The number of aliphatic hydroxyl groups excluding tert-OH is 1. The van der Waals surface area contributed by atoms with Gasteiger partial charge in [-0.25, -0.2) is 0 Å². The molecule has 1 aromatic rings. The van der Waals surface area contributed by atoms with E-state index in [1.165, 1.54) is 0 Å². The molecule has 0 bridgehead atoms. The Morgan fingerprint density at radius 3 is 2.53 bits per heavy atom. The van der Waals surface area contributed by atoms with Gasteiger partial charge in [-0.15, -0.1) is 0 Å². The minimum atomic E-state index is -0.356. The molecule has 98 valence electrons. The number of nitrogens with zero attached hydrogens (tertiary/aromatic N) is 2. The maximum Gasteiger partial charge on any atom is 0.0847 e. The molecule has 17 heavy (non-hydrogen) atoms. The Morgan fingerprint density at radius 1 is 1.41 bits per heavy atom. The number of thioether (sulfide) groups is 1. The van der Waals surface area contributed by atoms with E-state index in [2.05, 4.69) is 18.9 Å². The highest BCUT2D eigenvalue weighted by atomic mass is 35.5. The van der Waals surface area contributed by atoms with Crippen LogP contribution in [0.2, 0.25) is 5.02 Å². The van der Waals surface area contributed by atoms with Crippen molar-refractivity contribution in [3.8, 4) is 0 Å². The summed E-state index contributed by atoms with van der Waals surface area (Å²) >= 11 is 7.93. The first-order chi connectivity index (χ1) is 7.91. The minimum absolute atomic E-state index is 0.356. The van der Waals surface area contributed by atoms with Crippen LogP contribution >= 0.6 is 23.4 Å². The fraction of sp³-hybridized carbons (Fsp3) is 0.750. The maximum atomic E-state index is 9.95. The Labute approximate surface area is 113 Å². The van der Waals surface area contributed by atoms with Crippen LogP contribution in [0.1, 0.15) is 25.2 Å². The third-order valence-electron chi connectivity index (χ3n) is 2.45. The van der Waals surface area contributed by atoms with Gasteiger partial charge in [0.1, 0.15) is 0 Å². The highest BCUT2D eigenvalue weighted by Crippen LogP contribution is 2.21. The van der Waals surface area contributed by atoms with Crippen molar-refractivity contribution in [1.82, 2.24) is 9.78 Å². The van der Waals surface area contributed by atoms with Crippen molar-refractivity contribution in [1.29, 1.82) is 0 Å². The SMILES string of the molecule is Cc1nn(C)c(CC(O)CSCC(C)C)c1Cl. The van der Waals surface area contributed by atoms with Crippen LogP contribution < -0.4 is 0 Å². The minimum Gasteiger partial charge on any atom is -0.392 e. The lowest BCUT2D eigenvalue weighted by atomic mass is 10.2. The highest BCUT2D eigenvalue weighted by Gasteiger charge is 2.15. The van der Waals surface area contributed by atoms with Gasteiger partial charge in [0.25, 0.3) is 0 Å². The number of aromatic nitrogens is 2. The standard InChI is InChI=1S/C12H21ClN2OS/c1-8(2)6-17-7-10(16)5-11-12(13)9(3)14-15(11)4/h8,10,16H,5-7H2,1-4H3. The molecule has 0 spiro atoms. The summed E-state index contributed by atoms with van der Waals surface area (Å²) < 4.78 is 1.76. The molecule has 0 aliphatic heterocycles. The van der Waals surface area contributed by atoms with Crippen LogP contribution in [0.5, 0.6) is 0 Å². The van der Waals surface area contributed by atoms with Crippen molar-refractivity contribution in [3.63, 3.8) is 0 Å². The van der Waals surface area contributed by atoms with Crippen LogP contribution in [-0.4, -0.2) is 32.5 Å². The molecule has 1 heterocycles. The molecule has 0 saturated heterocycles. The van der Waals surface area contributed by atoms with E-state index >= 15 is 0 Å². The zero-order chi connectivity index (χ0) is 13.0. The highest BCUT2D eigenvalue weighted by molar-refractivity contribution is 7.99. The molecule has 5 heteroatoms. The molecule has 0 saturated carbocycles. The second kappa shape index (κ2) is 6.66. The average Bonchev–Trinajstić information content (AvgIpc) is 2.44. The van der Waals surface area contributed by atoms with E-state index in [0.717, 1.165) is 22.9 Å². The second-order valence-corrected chi connectivity index (χ2v) is 6.21. The van der Waals surface area contributed by atoms with Crippen molar-refractivity contribution in [2.75, 3.05) is 11.5 Å². The van der Waals surface area contributed by atoms with Crippen LogP contribution in [0.3, 0.4) is 0 Å². The lowest BCUT2D eigenvalue weighted by molar-refractivity contribution is 0.197. The molecule has 3 nitrogen and oxygen atoms in total. The van der Waals surface area contributed by atoms with Crippen molar-refractivity contribution in [2.24, 2.45) is 13.0 Å². The van der Waals surface area contributed by atoms with Gasteiger partial charge in [-0.3, -0.25) is 4.68 Å². The number of halogens is 1. The molecule has 1 aromatic heterocycles. The summed E-state index contributed by atoms with van der Waals surface area (Å²) in [5.74, 6) is 2.49. The van der Waals surface area contributed by atoms with E-state index in [4.69, 9.17) is 11.6 Å². The smallest absolute Gasteiger partial charge is 0.0847 e. The molecule has 1 N–H and O–H groups in total. The van der Waals surface area contributed by atoms with Gasteiger partial charge in [0.2, 0.25) is 0 Å². The topological polar surface area (TPSA) is 38.0 Å². The summed E-state index contributed by atoms with van der Waals surface area (Å²) in [6, 6.07) is 0. The van der Waals surface area contributed by atoms with Crippen LogP contribution in [-0.2, 0) is 13.5 Å². The number of hydrogen-bond acceptors (Lipinski definition) is 3. The summed E-state index contributed by atoms with van der Waals surface area (Å²) in [5, 5.41) is 14.9. The Balaban J connectivity index is 2.47. The van der Waals surface area contributed by atoms with Crippen molar-refractivity contribution in [3.05, 3.63) is 16.4 Å². The molecule has 0 radical (unpaired) electrons. The van der Waals surface area contributed by atoms with Gasteiger partial charge in [0.05, 0.1) is 22.5 Å². The molecule has 1 rings (SSSR count). The fourth-order valence-electron chi connectivity index (χ4n) is 1.62. The Morgan fingerprint density at radius 2 is 2.06 bits per heavy atom. The van der Waals surface area contributed by atoms with Gasteiger partial charge in [-0.05, 0) is 18.6 Å². The predicted octanol–water partition coefficient (Wildman–Crippen LogP) is 2.67. The number of aryl methyl sites for hydroxylation is 2. The summed E-state index contributed by atoms with van der Waals surface area (Å²) in [6.45, 7) is 6.24. The van der Waals surface area contributed by atoms with Crippen LogP contribution in [0.25, 0.3) is 0 Å². The number of rotatable bonds is 6. The maximum absolute atomic E-state index is 9.95. The average molecular weight is 277 g/mol. The van der Waals surface area contributed by atoms with Gasteiger partial charge in [0, 0.05) is 19.2 Å². The third kappa shape index (κ3) is 4.53. The lowest BCUT2D eigenvalue weighted by Gasteiger charge is -2.11. The van der Waals surface area contributed by atoms with Gasteiger partial charge >= 0.3 is 0 Å². The molecular weight excluding hydrogens is 256 g/mol. The van der Waals surface area contributed by atoms with E-state index in [1.54, 1.807) is 16.4 Å². The molecule has 0 amide bonds. The zero-order valence-corrected chi connectivity index (χ0v) is 12.5. The zero-order valence-electron chi connectivity index (χ0n) is 10.9. The molecule has 1 atom stereocenters. The molecule has 0 fully saturated rings. The normalized spacial score (nSPS) is 13.4. The van der Waals surface area contributed by atoms with Crippen LogP contribution in [0, 0.1) is 12.8 Å². The van der Waals surface area contributed by atoms with Crippen molar-refractivity contribution >= 4 is 23.4 Å². The lowest BCUT2D eigenvalue weighted by Crippen LogP contribution is -2.17. The van der Waals surface area contributed by atoms with E-state index in [9.17, 15) is 5.11 Å². The first kappa shape index (κ1) is 14.9. The summed E-state index contributed by atoms with van der Waals surface area (Å²) in [5.41, 5.74) is 1.74. The van der Waals surface area contributed by atoms with Crippen LogP contribution in [0.15, 0.2) is 0 Å². The Hall–Kier alpha value is -0.190. The van der Waals surface area contributed by atoms with Gasteiger partial charge < -0.3 is 5.11 Å².